The third kappa shape index (κ3) is 7.83. The summed E-state index contributed by atoms with van der Waals surface area (Å²) in [4.78, 5) is 15.6. The van der Waals surface area contributed by atoms with Gasteiger partial charge in [-0.25, -0.2) is 8.42 Å². The number of carbonyl (C=O) groups excluding carboxylic acids is 1. The Morgan fingerprint density at radius 2 is 1.61 bits per heavy atom. The number of sulfonamides is 1. The molecule has 0 aliphatic rings. The first-order chi connectivity index (χ1) is 17.2. The van der Waals surface area contributed by atoms with Crippen molar-refractivity contribution in [2.45, 2.75) is 52.9 Å². The van der Waals surface area contributed by atoms with Gasteiger partial charge in [0.25, 0.3) is 0 Å². The summed E-state index contributed by atoms with van der Waals surface area (Å²) in [7, 11) is -3.40. The Bertz CT molecular complexity index is 1240. The first-order valence-electron chi connectivity index (χ1n) is 12.7. The predicted molar refractivity (Wildman–Crippen MR) is 146 cm³/mol. The van der Waals surface area contributed by atoms with Crippen LogP contribution in [0.15, 0.2) is 46.9 Å². The monoisotopic (exact) mass is 514 g/mol. The van der Waals surface area contributed by atoms with Gasteiger partial charge < -0.3 is 14.1 Å². The third-order valence-electron chi connectivity index (χ3n) is 6.11. The van der Waals surface area contributed by atoms with E-state index in [1.165, 1.54) is 25.7 Å². The number of ether oxygens (including phenoxy) is 1. The Morgan fingerprint density at radius 1 is 0.972 bits per heavy atom. The Kier molecular flexibility index (Phi) is 9.96. The molecule has 0 saturated heterocycles. The topological polar surface area (TPSA) is 88.8 Å². The zero-order valence-electron chi connectivity index (χ0n) is 21.8. The lowest BCUT2D eigenvalue weighted by molar-refractivity contribution is 0.101. The summed E-state index contributed by atoms with van der Waals surface area (Å²) in [5.74, 6) is 0.753. The zero-order valence-corrected chi connectivity index (χ0v) is 22.6. The van der Waals surface area contributed by atoms with E-state index < -0.39 is 10.0 Å². The number of furan rings is 1. The van der Waals surface area contributed by atoms with Crippen LogP contribution in [0.25, 0.3) is 11.0 Å². The van der Waals surface area contributed by atoms with Gasteiger partial charge in [0.2, 0.25) is 15.8 Å². The van der Waals surface area contributed by atoms with Crippen LogP contribution in [0, 0.1) is 6.92 Å². The molecule has 3 aromatic rings. The highest BCUT2D eigenvalue weighted by molar-refractivity contribution is 7.92. The quantitative estimate of drug-likeness (QED) is 0.197. The summed E-state index contributed by atoms with van der Waals surface area (Å²) in [6.45, 7) is 10.2. The summed E-state index contributed by atoms with van der Waals surface area (Å²) < 4.78 is 37.3. The molecular formula is C28H38N2O5S. The van der Waals surface area contributed by atoms with Crippen molar-refractivity contribution >= 4 is 32.5 Å². The number of nitrogens with one attached hydrogen (secondary N) is 1. The number of fused-ring (bicyclic) bond motifs is 1. The fourth-order valence-corrected chi connectivity index (χ4v) is 4.68. The van der Waals surface area contributed by atoms with Gasteiger partial charge in [0.05, 0.1) is 12.9 Å². The van der Waals surface area contributed by atoms with Crippen LogP contribution in [-0.2, 0) is 10.0 Å². The highest BCUT2D eigenvalue weighted by Gasteiger charge is 2.20. The van der Waals surface area contributed by atoms with Crippen LogP contribution in [-0.4, -0.2) is 51.6 Å². The van der Waals surface area contributed by atoms with Crippen molar-refractivity contribution in [1.82, 2.24) is 4.90 Å². The number of hydrogen-bond acceptors (Lipinski definition) is 6. The number of nitrogens with zero attached hydrogens (tertiary/aromatic N) is 1. The van der Waals surface area contributed by atoms with Gasteiger partial charge in [0.15, 0.2) is 5.76 Å². The second-order valence-electron chi connectivity index (χ2n) is 9.25. The van der Waals surface area contributed by atoms with Crippen molar-refractivity contribution in [3.63, 3.8) is 0 Å². The molecule has 2 aromatic carbocycles. The lowest BCUT2D eigenvalue weighted by Crippen LogP contribution is -2.28. The number of hydrogen-bond donors (Lipinski definition) is 1. The van der Waals surface area contributed by atoms with E-state index >= 15 is 0 Å². The summed E-state index contributed by atoms with van der Waals surface area (Å²) in [6.07, 6.45) is 6.92. The van der Waals surface area contributed by atoms with E-state index in [0.29, 0.717) is 34.4 Å². The molecule has 196 valence electrons. The molecular weight excluding hydrogens is 476 g/mol. The average Bonchev–Trinajstić information content (AvgIpc) is 3.17. The second-order valence-corrected chi connectivity index (χ2v) is 11.0. The van der Waals surface area contributed by atoms with Crippen molar-refractivity contribution in [3.05, 3.63) is 59.4 Å². The van der Waals surface area contributed by atoms with Crippen LogP contribution in [0.2, 0.25) is 0 Å². The zero-order chi connectivity index (χ0) is 26.1. The van der Waals surface area contributed by atoms with Crippen molar-refractivity contribution in [2.75, 3.05) is 37.2 Å². The van der Waals surface area contributed by atoms with Crippen LogP contribution in [0.3, 0.4) is 0 Å². The largest absolute Gasteiger partial charge is 0.494 e. The SMILES string of the molecule is CCCCN(CCCC)CCCOc1ccc(C(=O)c2oc3ccc(NS(C)(=O)=O)cc3c2C)cc1. The predicted octanol–water partition coefficient (Wildman–Crippen LogP) is 6.01. The van der Waals surface area contributed by atoms with Crippen molar-refractivity contribution in [3.8, 4) is 5.75 Å². The molecule has 0 atom stereocenters. The van der Waals surface area contributed by atoms with Crippen LogP contribution in [0.5, 0.6) is 5.75 Å². The van der Waals surface area contributed by atoms with E-state index in [0.717, 1.165) is 38.1 Å². The molecule has 7 nitrogen and oxygen atoms in total. The van der Waals surface area contributed by atoms with Crippen LogP contribution < -0.4 is 9.46 Å². The standard InChI is InChI=1S/C28H38N2O5S/c1-5-7-16-30(17-8-6-2)18-9-19-34-24-13-10-22(11-14-24)27(31)28-21(3)25-20-23(29-36(4,32)33)12-15-26(25)35-28/h10-15,20,29H,5-9,16-19H2,1-4H3. The number of unbranched alkanes of at least 4 members (excludes halogenated alkanes) is 2. The van der Waals surface area contributed by atoms with Gasteiger partial charge >= 0.3 is 0 Å². The molecule has 0 bridgehead atoms. The van der Waals surface area contributed by atoms with Gasteiger partial charge in [-0.15, -0.1) is 0 Å². The van der Waals surface area contributed by atoms with Crippen LogP contribution in [0.1, 0.15) is 67.6 Å². The minimum Gasteiger partial charge on any atom is -0.494 e. The maximum atomic E-state index is 13.1. The number of benzene rings is 2. The fraction of sp³-hybridized carbons (Fsp3) is 0.464. The van der Waals surface area contributed by atoms with Crippen molar-refractivity contribution in [1.29, 1.82) is 0 Å². The Balaban J connectivity index is 1.60. The number of ketones is 1. The Labute approximate surface area is 214 Å². The van der Waals surface area contributed by atoms with Gasteiger partial charge in [-0.3, -0.25) is 9.52 Å². The van der Waals surface area contributed by atoms with Gasteiger partial charge in [0.1, 0.15) is 11.3 Å². The van der Waals surface area contributed by atoms with E-state index in [1.807, 2.05) is 12.1 Å². The van der Waals surface area contributed by atoms with E-state index in [4.69, 9.17) is 9.15 Å². The van der Waals surface area contributed by atoms with Gasteiger partial charge in [-0.2, -0.15) is 0 Å². The lowest BCUT2D eigenvalue weighted by Gasteiger charge is -2.21. The number of carbonyl (C=O) groups is 1. The van der Waals surface area contributed by atoms with Crippen molar-refractivity contribution in [2.24, 2.45) is 0 Å². The lowest BCUT2D eigenvalue weighted by atomic mass is 10.0. The van der Waals surface area contributed by atoms with E-state index in [-0.39, 0.29) is 11.5 Å². The minimum absolute atomic E-state index is 0.227. The van der Waals surface area contributed by atoms with Gasteiger partial charge in [0, 0.05) is 28.7 Å². The fourth-order valence-electron chi connectivity index (χ4n) is 4.13. The molecule has 1 N–H and O–H groups in total. The summed E-state index contributed by atoms with van der Waals surface area (Å²) in [5.41, 5.74) is 2.13. The molecule has 0 aliphatic carbocycles. The normalized spacial score (nSPS) is 11.8. The minimum atomic E-state index is -3.40. The molecule has 1 heterocycles. The van der Waals surface area contributed by atoms with Crippen LogP contribution >= 0.6 is 0 Å². The molecule has 0 aliphatic heterocycles. The maximum Gasteiger partial charge on any atom is 0.229 e. The molecule has 0 radical (unpaired) electrons. The molecule has 0 unspecified atom stereocenters. The molecule has 0 amide bonds. The molecule has 1 aromatic heterocycles. The Morgan fingerprint density at radius 3 is 2.22 bits per heavy atom. The number of rotatable bonds is 15. The molecule has 0 fully saturated rings. The molecule has 0 spiro atoms. The summed E-state index contributed by atoms with van der Waals surface area (Å²) in [5, 5.41) is 0.693. The smallest absolute Gasteiger partial charge is 0.229 e. The number of aryl methyl sites for hydroxylation is 1. The summed E-state index contributed by atoms with van der Waals surface area (Å²) in [6, 6.07) is 12.1. The van der Waals surface area contributed by atoms with Crippen LogP contribution in [0.4, 0.5) is 5.69 Å². The van der Waals surface area contributed by atoms with E-state index in [2.05, 4.69) is 23.5 Å². The first-order valence-corrected chi connectivity index (χ1v) is 14.6. The highest BCUT2D eigenvalue weighted by atomic mass is 32.2. The average molecular weight is 515 g/mol. The third-order valence-corrected chi connectivity index (χ3v) is 6.71. The Hall–Kier alpha value is -2.84. The van der Waals surface area contributed by atoms with Crippen molar-refractivity contribution < 1.29 is 22.4 Å². The van der Waals surface area contributed by atoms with E-state index in [1.54, 1.807) is 37.3 Å². The molecule has 3 rings (SSSR count). The molecule has 0 saturated carbocycles. The first kappa shape index (κ1) is 27.7. The van der Waals surface area contributed by atoms with E-state index in [9.17, 15) is 13.2 Å². The summed E-state index contributed by atoms with van der Waals surface area (Å²) >= 11 is 0. The highest BCUT2D eigenvalue weighted by Crippen LogP contribution is 2.30. The van der Waals surface area contributed by atoms with Gasteiger partial charge in [-0.05, 0) is 81.7 Å². The van der Waals surface area contributed by atoms with Gasteiger partial charge in [-0.1, -0.05) is 26.7 Å². The second kappa shape index (κ2) is 12.9. The number of anilines is 1. The molecule has 8 heteroatoms. The maximum absolute atomic E-state index is 13.1. The molecule has 36 heavy (non-hydrogen) atoms.